The lowest BCUT2D eigenvalue weighted by Crippen LogP contribution is -2.16. The first-order valence-corrected chi connectivity index (χ1v) is 2.88. The molecule has 0 aromatic heterocycles. The molecule has 0 saturated heterocycles. The van der Waals surface area contributed by atoms with Gasteiger partial charge >= 0.3 is 0 Å². The Kier molecular flexibility index (Phi) is 3.58. The van der Waals surface area contributed by atoms with Crippen molar-refractivity contribution in [3.05, 3.63) is 11.5 Å². The summed E-state index contributed by atoms with van der Waals surface area (Å²) < 4.78 is 0. The Hall–Kier alpha value is -1.65. The third-order valence-electron chi connectivity index (χ3n) is 0.905. The second-order valence-corrected chi connectivity index (χ2v) is 1.64. The Labute approximate surface area is 64.5 Å². The van der Waals surface area contributed by atoms with Crippen LogP contribution >= 0.6 is 0 Å². The van der Waals surface area contributed by atoms with Gasteiger partial charge in [-0.2, -0.15) is 0 Å². The first-order valence-electron chi connectivity index (χ1n) is 2.88. The number of aliphatic imine (C=N–C) groups is 2. The normalized spacial score (nSPS) is 12.8. The smallest absolute Gasteiger partial charge is 0.271 e. The van der Waals surface area contributed by atoms with E-state index in [0.29, 0.717) is 0 Å². The Morgan fingerprint density at radius 3 is 2.36 bits per heavy atom. The van der Waals surface area contributed by atoms with Crippen LogP contribution in [0.3, 0.4) is 0 Å². The number of nitrogens with zero attached hydrogens (tertiary/aromatic N) is 2. The molecule has 0 unspecified atom stereocenters. The largest absolute Gasteiger partial charge is 0.382 e. The Bertz CT molecular complexity index is 229. The summed E-state index contributed by atoms with van der Waals surface area (Å²) >= 11 is 0. The summed E-state index contributed by atoms with van der Waals surface area (Å²) in [6.45, 7) is 4.77. The van der Waals surface area contributed by atoms with Gasteiger partial charge in [0.05, 0.1) is 0 Å². The van der Waals surface area contributed by atoms with Crippen molar-refractivity contribution in [3.63, 3.8) is 0 Å². The van der Waals surface area contributed by atoms with Crippen molar-refractivity contribution in [3.8, 4) is 0 Å². The van der Waals surface area contributed by atoms with Crippen LogP contribution in [-0.2, 0) is 4.79 Å². The minimum atomic E-state index is -0.715. The van der Waals surface area contributed by atoms with Crippen LogP contribution in [0.4, 0.5) is 0 Å². The van der Waals surface area contributed by atoms with Crippen LogP contribution in [0.25, 0.3) is 0 Å². The molecule has 0 heterocycles. The molecule has 11 heavy (non-hydrogen) atoms. The van der Waals surface area contributed by atoms with E-state index >= 15 is 0 Å². The highest BCUT2D eigenvalue weighted by Crippen LogP contribution is 1.99. The Balaban J connectivity index is 4.87. The summed E-state index contributed by atoms with van der Waals surface area (Å²) in [6, 6.07) is 0. The quantitative estimate of drug-likeness (QED) is 0.419. The van der Waals surface area contributed by atoms with Crippen LogP contribution in [0.2, 0.25) is 0 Å². The number of nitrogens with two attached hydrogens (primary N) is 2. The minimum Gasteiger partial charge on any atom is -0.382 e. The summed E-state index contributed by atoms with van der Waals surface area (Å²) in [4.78, 5) is 17.5. The molecule has 0 bridgehead atoms. The summed E-state index contributed by atoms with van der Waals surface area (Å²) in [5.41, 5.74) is 10.1. The van der Waals surface area contributed by atoms with Crippen molar-refractivity contribution in [1.82, 2.24) is 0 Å². The summed E-state index contributed by atoms with van der Waals surface area (Å²) in [6.07, 6.45) is 1.40. The Morgan fingerprint density at radius 1 is 1.55 bits per heavy atom. The van der Waals surface area contributed by atoms with E-state index in [9.17, 15) is 4.79 Å². The van der Waals surface area contributed by atoms with Gasteiger partial charge in [0.15, 0.2) is 11.5 Å². The van der Waals surface area contributed by atoms with Crippen LogP contribution in [-0.4, -0.2) is 18.8 Å². The molecule has 4 N–H and O–H groups in total. The summed E-state index contributed by atoms with van der Waals surface area (Å²) in [5, 5.41) is 0. The fourth-order valence-corrected chi connectivity index (χ4v) is 0.460. The fraction of sp³-hybridized carbons (Fsp3) is 0.167. The van der Waals surface area contributed by atoms with E-state index in [2.05, 4.69) is 16.7 Å². The molecule has 0 aromatic carbocycles. The van der Waals surface area contributed by atoms with Gasteiger partial charge in [-0.05, 0) is 13.6 Å². The van der Waals surface area contributed by atoms with Crippen molar-refractivity contribution in [1.29, 1.82) is 0 Å². The van der Waals surface area contributed by atoms with Gasteiger partial charge in [-0.3, -0.25) is 9.79 Å². The van der Waals surface area contributed by atoms with Crippen molar-refractivity contribution in [2.45, 2.75) is 6.92 Å². The van der Waals surface area contributed by atoms with Gasteiger partial charge in [-0.1, -0.05) is 0 Å². The highest BCUT2D eigenvalue weighted by Gasteiger charge is 2.05. The molecule has 0 aromatic rings. The molecular formula is C6H10N4O. The molecule has 0 spiro atoms. The molecule has 0 aliphatic carbocycles. The van der Waals surface area contributed by atoms with Gasteiger partial charge in [0, 0.05) is 6.21 Å². The van der Waals surface area contributed by atoms with Crippen molar-refractivity contribution < 1.29 is 4.79 Å². The molecule has 1 amide bonds. The van der Waals surface area contributed by atoms with E-state index in [1.165, 1.54) is 6.21 Å². The number of rotatable bonds is 3. The van der Waals surface area contributed by atoms with Gasteiger partial charge in [0.1, 0.15) is 0 Å². The summed E-state index contributed by atoms with van der Waals surface area (Å²) in [5.74, 6) is -0.774. The lowest BCUT2D eigenvalue weighted by molar-refractivity contribution is -0.114. The highest BCUT2D eigenvalue weighted by atomic mass is 16.1. The van der Waals surface area contributed by atoms with Crippen LogP contribution in [0.15, 0.2) is 21.5 Å². The standard InChI is InChI=1S/C6H10N4O/c1-3-10-4(6(8)11)5(7)9-2/h3H,2,7H2,1H3,(H2,8,11)/b5-4-,10-3?. The van der Waals surface area contributed by atoms with Crippen LogP contribution in [0, 0.1) is 0 Å². The topological polar surface area (TPSA) is 93.8 Å². The van der Waals surface area contributed by atoms with Gasteiger partial charge in [0.2, 0.25) is 0 Å². The SMILES string of the molecule is C=N/C(N)=C(\N=CC)C(N)=O. The lowest BCUT2D eigenvalue weighted by Gasteiger charge is -1.96. The number of hydrogen-bond donors (Lipinski definition) is 2. The van der Waals surface area contributed by atoms with E-state index in [0.717, 1.165) is 0 Å². The van der Waals surface area contributed by atoms with Gasteiger partial charge in [-0.15, -0.1) is 0 Å². The number of primary amides is 1. The minimum absolute atomic E-state index is 0.0596. The number of hydrogen-bond acceptors (Lipinski definition) is 4. The maximum Gasteiger partial charge on any atom is 0.271 e. The molecule has 0 rings (SSSR count). The zero-order valence-electron chi connectivity index (χ0n) is 6.24. The molecule has 60 valence electrons. The van der Waals surface area contributed by atoms with Crippen LogP contribution in [0.5, 0.6) is 0 Å². The van der Waals surface area contributed by atoms with Gasteiger partial charge < -0.3 is 11.5 Å². The first-order chi connectivity index (χ1) is 5.13. The second kappa shape index (κ2) is 4.21. The Morgan fingerprint density at radius 2 is 2.09 bits per heavy atom. The predicted molar refractivity (Wildman–Crippen MR) is 44.1 cm³/mol. The molecule has 0 radical (unpaired) electrons. The van der Waals surface area contributed by atoms with Gasteiger partial charge in [-0.25, -0.2) is 4.99 Å². The fourth-order valence-electron chi connectivity index (χ4n) is 0.460. The maximum atomic E-state index is 10.6. The molecule has 0 aliphatic rings. The molecule has 0 fully saturated rings. The van der Waals surface area contributed by atoms with E-state index in [4.69, 9.17) is 11.5 Å². The molecule has 5 nitrogen and oxygen atoms in total. The first kappa shape index (κ1) is 9.35. The average Bonchev–Trinajstić information content (AvgIpc) is 1.98. The van der Waals surface area contributed by atoms with E-state index in [1.807, 2.05) is 0 Å². The van der Waals surface area contributed by atoms with Crippen molar-refractivity contribution in [2.24, 2.45) is 21.5 Å². The average molecular weight is 154 g/mol. The number of carbonyl (C=O) groups excluding carboxylic acids is 1. The zero-order chi connectivity index (χ0) is 8.85. The highest BCUT2D eigenvalue weighted by molar-refractivity contribution is 5.93. The third kappa shape index (κ3) is 2.61. The van der Waals surface area contributed by atoms with E-state index < -0.39 is 5.91 Å². The van der Waals surface area contributed by atoms with E-state index in [1.54, 1.807) is 6.92 Å². The molecule has 0 aliphatic heterocycles. The monoisotopic (exact) mass is 154 g/mol. The molecule has 0 atom stereocenters. The van der Waals surface area contributed by atoms with E-state index in [-0.39, 0.29) is 11.5 Å². The molecule has 5 heteroatoms. The molecule has 0 saturated carbocycles. The zero-order valence-corrected chi connectivity index (χ0v) is 6.24. The third-order valence-corrected chi connectivity index (χ3v) is 0.905. The van der Waals surface area contributed by atoms with Crippen molar-refractivity contribution in [2.75, 3.05) is 0 Å². The number of carbonyl (C=O) groups is 1. The summed E-state index contributed by atoms with van der Waals surface area (Å²) in [7, 11) is 0. The van der Waals surface area contributed by atoms with Gasteiger partial charge in [0.25, 0.3) is 5.91 Å². The molecular weight excluding hydrogens is 144 g/mol. The van der Waals surface area contributed by atoms with Crippen molar-refractivity contribution >= 4 is 18.8 Å². The maximum absolute atomic E-state index is 10.6. The van der Waals surface area contributed by atoms with Crippen LogP contribution in [0.1, 0.15) is 6.92 Å². The lowest BCUT2D eigenvalue weighted by atomic mass is 10.4. The number of amides is 1. The second-order valence-electron chi connectivity index (χ2n) is 1.64. The van der Waals surface area contributed by atoms with Crippen LogP contribution < -0.4 is 11.5 Å². The predicted octanol–water partition coefficient (Wildman–Crippen LogP) is -0.609.